The first-order valence-electron chi connectivity index (χ1n) is 11.2. The summed E-state index contributed by atoms with van der Waals surface area (Å²) in [7, 11) is 1.70. The first kappa shape index (κ1) is 22.0. The molecule has 2 heterocycles. The molecular weight excluding hydrogens is 446 g/mol. The van der Waals surface area contributed by atoms with Crippen molar-refractivity contribution >= 4 is 51.0 Å². The molecule has 0 spiro atoms. The zero-order valence-electron chi connectivity index (χ0n) is 18.8. The maximum Gasteiger partial charge on any atom is 0.244 e. The van der Waals surface area contributed by atoms with E-state index in [2.05, 4.69) is 34.6 Å². The van der Waals surface area contributed by atoms with Gasteiger partial charge in [-0.3, -0.25) is 4.79 Å². The molecule has 4 aromatic rings. The third-order valence-corrected chi connectivity index (χ3v) is 6.22. The van der Waals surface area contributed by atoms with E-state index >= 15 is 0 Å². The van der Waals surface area contributed by atoms with Crippen molar-refractivity contribution in [2.24, 2.45) is 0 Å². The Kier molecular flexibility index (Phi) is 6.19. The number of aromatic nitrogens is 2. The van der Waals surface area contributed by atoms with E-state index in [0.29, 0.717) is 11.6 Å². The van der Waals surface area contributed by atoms with Gasteiger partial charge in [0.05, 0.1) is 36.3 Å². The summed E-state index contributed by atoms with van der Waals surface area (Å²) >= 11 is 5.92. The molecule has 5 nitrogen and oxygen atoms in total. The fraction of sp³-hybridized carbons (Fsp3) is 0.143. The van der Waals surface area contributed by atoms with Crippen LogP contribution in [0.4, 0.5) is 0 Å². The number of carbonyl (C=O) groups excluding carboxylic acids is 1. The van der Waals surface area contributed by atoms with Crippen LogP contribution in [-0.4, -0.2) is 23.0 Å². The van der Waals surface area contributed by atoms with E-state index in [1.807, 2.05) is 30.3 Å². The monoisotopic (exact) mass is 469 g/mol. The van der Waals surface area contributed by atoms with Crippen LogP contribution in [0, 0.1) is 0 Å². The molecule has 2 aromatic heterocycles. The number of halogens is 1. The molecular formula is C28H24ClN3O2. The number of ether oxygens (including phenoxy) is 1. The number of rotatable bonds is 6. The van der Waals surface area contributed by atoms with Gasteiger partial charge in [-0.05, 0) is 54.0 Å². The van der Waals surface area contributed by atoms with Crippen molar-refractivity contribution in [3.05, 3.63) is 101 Å². The molecule has 170 valence electrons. The Morgan fingerprint density at radius 2 is 1.94 bits per heavy atom. The number of H-pyrrole nitrogens is 1. The van der Waals surface area contributed by atoms with E-state index in [0.717, 1.165) is 62.9 Å². The van der Waals surface area contributed by atoms with Gasteiger partial charge in [0.25, 0.3) is 0 Å². The van der Waals surface area contributed by atoms with Gasteiger partial charge in [-0.1, -0.05) is 48.0 Å². The number of amides is 1. The van der Waals surface area contributed by atoms with Crippen LogP contribution in [-0.2, 0) is 16.1 Å². The van der Waals surface area contributed by atoms with Crippen molar-refractivity contribution in [2.45, 2.75) is 19.4 Å². The summed E-state index contributed by atoms with van der Waals surface area (Å²) in [5.41, 5.74) is 5.86. The SMILES string of the molecule is COC1=CC=C(c2nc(CNC(=O)/C=C/c3ccc(Cl)cc3)cc3c2[nH]c2ccccc23)CC1. The summed E-state index contributed by atoms with van der Waals surface area (Å²) in [5.74, 6) is 0.786. The van der Waals surface area contributed by atoms with Crippen LogP contribution in [0.15, 0.2) is 78.6 Å². The number of carbonyl (C=O) groups is 1. The summed E-state index contributed by atoms with van der Waals surface area (Å²) in [5, 5.41) is 5.86. The molecule has 0 saturated carbocycles. The number of benzene rings is 2. The topological polar surface area (TPSA) is 67.0 Å². The van der Waals surface area contributed by atoms with E-state index < -0.39 is 0 Å². The summed E-state index contributed by atoms with van der Waals surface area (Å²) in [6, 6.07) is 17.6. The fourth-order valence-corrected chi connectivity index (χ4v) is 4.32. The second-order valence-corrected chi connectivity index (χ2v) is 8.62. The highest BCUT2D eigenvalue weighted by molar-refractivity contribution is 6.30. The number of pyridine rings is 1. The molecule has 1 aliphatic carbocycles. The first-order chi connectivity index (χ1) is 16.6. The van der Waals surface area contributed by atoms with Gasteiger partial charge in [-0.2, -0.15) is 0 Å². The van der Waals surface area contributed by atoms with Crippen LogP contribution in [0.5, 0.6) is 0 Å². The van der Waals surface area contributed by atoms with Crippen molar-refractivity contribution in [3.63, 3.8) is 0 Å². The zero-order chi connectivity index (χ0) is 23.5. The second kappa shape index (κ2) is 9.57. The number of methoxy groups -OCH3 is 1. The van der Waals surface area contributed by atoms with Gasteiger partial charge in [0.1, 0.15) is 0 Å². The zero-order valence-corrected chi connectivity index (χ0v) is 19.5. The number of nitrogens with zero attached hydrogens (tertiary/aromatic N) is 1. The number of fused-ring (bicyclic) bond motifs is 3. The Hall–Kier alpha value is -3.83. The van der Waals surface area contributed by atoms with E-state index in [1.165, 1.54) is 6.08 Å². The summed E-state index contributed by atoms with van der Waals surface area (Å²) in [6.45, 7) is 0.332. The highest BCUT2D eigenvalue weighted by Crippen LogP contribution is 2.34. The molecule has 0 radical (unpaired) electrons. The van der Waals surface area contributed by atoms with E-state index in [-0.39, 0.29) is 5.91 Å². The molecule has 0 bridgehead atoms. The number of hydrogen-bond donors (Lipinski definition) is 2. The highest BCUT2D eigenvalue weighted by Gasteiger charge is 2.17. The molecule has 0 unspecified atom stereocenters. The van der Waals surface area contributed by atoms with Crippen LogP contribution >= 0.6 is 11.6 Å². The number of para-hydroxylation sites is 1. The van der Waals surface area contributed by atoms with Gasteiger partial charge in [0.2, 0.25) is 5.91 Å². The van der Waals surface area contributed by atoms with Gasteiger partial charge < -0.3 is 15.0 Å². The van der Waals surface area contributed by atoms with Gasteiger partial charge in [-0.15, -0.1) is 0 Å². The molecule has 5 rings (SSSR count). The smallest absolute Gasteiger partial charge is 0.244 e. The fourth-order valence-electron chi connectivity index (χ4n) is 4.19. The standard InChI is InChI=1S/C28H24ClN3O2/c1-34-22-13-9-19(10-14-22)27-28-24(23-4-2-3-5-25(23)32-28)16-21(31-27)17-30-26(33)15-8-18-6-11-20(29)12-7-18/h2-9,11-13,15-16,32H,10,14,17H2,1H3,(H,30,33)/b15-8+. The number of nitrogens with one attached hydrogen (secondary N) is 2. The lowest BCUT2D eigenvalue weighted by Crippen LogP contribution is -2.21. The lowest BCUT2D eigenvalue weighted by atomic mass is 9.98. The molecule has 2 aromatic carbocycles. The van der Waals surface area contributed by atoms with Crippen LogP contribution in [0.25, 0.3) is 33.5 Å². The molecule has 0 fully saturated rings. The van der Waals surface area contributed by atoms with Gasteiger partial charge in [-0.25, -0.2) is 4.98 Å². The Balaban J connectivity index is 1.44. The molecule has 0 aliphatic heterocycles. The average molecular weight is 470 g/mol. The van der Waals surface area contributed by atoms with Gasteiger partial charge in [0.15, 0.2) is 0 Å². The van der Waals surface area contributed by atoms with E-state index in [4.69, 9.17) is 21.3 Å². The quantitative estimate of drug-likeness (QED) is 0.321. The molecule has 6 heteroatoms. The minimum absolute atomic E-state index is 0.179. The Morgan fingerprint density at radius 3 is 2.71 bits per heavy atom. The third kappa shape index (κ3) is 4.61. The number of hydrogen-bond acceptors (Lipinski definition) is 3. The lowest BCUT2D eigenvalue weighted by molar-refractivity contribution is -0.116. The van der Waals surface area contributed by atoms with Crippen LogP contribution in [0.1, 0.15) is 29.8 Å². The highest BCUT2D eigenvalue weighted by atomic mass is 35.5. The number of allylic oxidation sites excluding steroid dienone is 4. The van der Waals surface area contributed by atoms with Gasteiger partial charge in [0, 0.05) is 33.8 Å². The lowest BCUT2D eigenvalue weighted by Gasteiger charge is -2.15. The third-order valence-electron chi connectivity index (χ3n) is 5.97. The molecule has 2 N–H and O–H groups in total. The van der Waals surface area contributed by atoms with Crippen LogP contribution in [0.2, 0.25) is 5.02 Å². The Bertz CT molecular complexity index is 1460. The van der Waals surface area contributed by atoms with Crippen molar-refractivity contribution in [1.29, 1.82) is 0 Å². The normalized spacial score (nSPS) is 13.8. The van der Waals surface area contributed by atoms with Crippen molar-refractivity contribution in [3.8, 4) is 0 Å². The summed E-state index contributed by atoms with van der Waals surface area (Å²) in [6.07, 6.45) is 9.05. The Labute approximate surface area is 202 Å². The van der Waals surface area contributed by atoms with Gasteiger partial charge >= 0.3 is 0 Å². The molecule has 0 atom stereocenters. The minimum atomic E-state index is -0.179. The van der Waals surface area contributed by atoms with Crippen molar-refractivity contribution in [1.82, 2.24) is 15.3 Å². The van der Waals surface area contributed by atoms with Crippen LogP contribution in [0.3, 0.4) is 0 Å². The molecule has 0 saturated heterocycles. The molecule has 1 amide bonds. The maximum absolute atomic E-state index is 12.4. The largest absolute Gasteiger partial charge is 0.501 e. The van der Waals surface area contributed by atoms with Crippen LogP contribution < -0.4 is 5.32 Å². The minimum Gasteiger partial charge on any atom is -0.501 e. The van der Waals surface area contributed by atoms with Crippen molar-refractivity contribution < 1.29 is 9.53 Å². The number of aromatic amines is 1. The molecule has 34 heavy (non-hydrogen) atoms. The second-order valence-electron chi connectivity index (χ2n) is 8.19. The maximum atomic E-state index is 12.4. The summed E-state index contributed by atoms with van der Waals surface area (Å²) in [4.78, 5) is 20.9. The van der Waals surface area contributed by atoms with E-state index in [9.17, 15) is 4.79 Å². The molecule has 1 aliphatic rings. The summed E-state index contributed by atoms with van der Waals surface area (Å²) < 4.78 is 5.39. The predicted molar refractivity (Wildman–Crippen MR) is 138 cm³/mol. The Morgan fingerprint density at radius 1 is 1.12 bits per heavy atom. The average Bonchev–Trinajstić information content (AvgIpc) is 3.25. The van der Waals surface area contributed by atoms with E-state index in [1.54, 1.807) is 25.3 Å². The van der Waals surface area contributed by atoms with Crippen molar-refractivity contribution in [2.75, 3.05) is 7.11 Å². The predicted octanol–water partition coefficient (Wildman–Crippen LogP) is 6.41. The first-order valence-corrected chi connectivity index (χ1v) is 11.5.